The molecule has 0 saturated carbocycles. The average Bonchev–Trinajstić information content (AvgIpc) is 3.09. The fraction of sp³-hybridized carbons (Fsp3) is 0.0556. The van der Waals surface area contributed by atoms with Crippen molar-refractivity contribution in [2.24, 2.45) is 0 Å². The molecule has 0 spiro atoms. The van der Waals surface area contributed by atoms with E-state index in [2.05, 4.69) is 10.3 Å². The summed E-state index contributed by atoms with van der Waals surface area (Å²) in [6.07, 6.45) is 1.45. The molecule has 1 N–H and O–H groups in total. The molecule has 0 bridgehead atoms. The van der Waals surface area contributed by atoms with Gasteiger partial charge in [-0.3, -0.25) is 10.1 Å². The van der Waals surface area contributed by atoms with E-state index in [-0.39, 0.29) is 17.1 Å². The maximum Gasteiger partial charge on any atom is 0.257 e. The maximum absolute atomic E-state index is 13.7. The molecule has 0 aliphatic rings. The van der Waals surface area contributed by atoms with Gasteiger partial charge >= 0.3 is 0 Å². The van der Waals surface area contributed by atoms with Crippen LogP contribution in [0.4, 0.5) is 18.3 Å². The highest BCUT2D eigenvalue weighted by molar-refractivity contribution is 7.15. The molecule has 8 heteroatoms. The summed E-state index contributed by atoms with van der Waals surface area (Å²) in [5.41, 5.74) is 0.788. The molecule has 0 fully saturated rings. The number of amides is 1. The van der Waals surface area contributed by atoms with Gasteiger partial charge < -0.3 is 0 Å². The first kappa shape index (κ1) is 17.6. The van der Waals surface area contributed by atoms with Crippen molar-refractivity contribution in [2.75, 3.05) is 5.32 Å². The number of carbonyl (C=O) groups is 1. The van der Waals surface area contributed by atoms with Crippen molar-refractivity contribution in [3.8, 4) is 6.07 Å². The largest absolute Gasteiger partial charge is 0.298 e. The van der Waals surface area contributed by atoms with E-state index in [0.29, 0.717) is 16.0 Å². The summed E-state index contributed by atoms with van der Waals surface area (Å²) < 4.78 is 40.0. The second-order valence-corrected chi connectivity index (χ2v) is 6.40. The first-order chi connectivity index (χ1) is 12.5. The van der Waals surface area contributed by atoms with Gasteiger partial charge in [-0.1, -0.05) is 6.07 Å². The zero-order valence-corrected chi connectivity index (χ0v) is 13.9. The van der Waals surface area contributed by atoms with Crippen LogP contribution in [-0.2, 0) is 6.42 Å². The summed E-state index contributed by atoms with van der Waals surface area (Å²) >= 11 is 1.10. The molecule has 130 valence electrons. The predicted molar refractivity (Wildman–Crippen MR) is 90.3 cm³/mol. The highest BCUT2D eigenvalue weighted by atomic mass is 32.1. The molecule has 2 aromatic carbocycles. The van der Waals surface area contributed by atoms with Crippen LogP contribution in [0.25, 0.3) is 0 Å². The van der Waals surface area contributed by atoms with Crippen LogP contribution in [0, 0.1) is 28.8 Å². The highest BCUT2D eigenvalue weighted by Crippen LogP contribution is 2.24. The van der Waals surface area contributed by atoms with Gasteiger partial charge in [-0.05, 0) is 35.9 Å². The summed E-state index contributed by atoms with van der Waals surface area (Å²) in [5.74, 6) is -4.40. The van der Waals surface area contributed by atoms with Crippen LogP contribution in [0.5, 0.6) is 0 Å². The Kier molecular flexibility index (Phi) is 5.00. The minimum atomic E-state index is -1.51. The third-order valence-corrected chi connectivity index (χ3v) is 4.44. The van der Waals surface area contributed by atoms with E-state index < -0.39 is 23.4 Å². The molecule has 4 nitrogen and oxygen atoms in total. The molecule has 3 rings (SSSR count). The van der Waals surface area contributed by atoms with Crippen LogP contribution in [0.3, 0.4) is 0 Å². The molecular formula is C18H10F3N3OS. The van der Waals surface area contributed by atoms with Gasteiger partial charge in [0.25, 0.3) is 5.91 Å². The molecule has 1 heterocycles. The average molecular weight is 373 g/mol. The van der Waals surface area contributed by atoms with Gasteiger partial charge in [0.05, 0.1) is 11.6 Å². The van der Waals surface area contributed by atoms with E-state index in [9.17, 15) is 18.0 Å². The summed E-state index contributed by atoms with van der Waals surface area (Å²) in [6.45, 7) is 0. The number of rotatable bonds is 4. The molecule has 3 aromatic rings. The summed E-state index contributed by atoms with van der Waals surface area (Å²) in [5, 5.41) is 11.6. The van der Waals surface area contributed by atoms with E-state index in [0.717, 1.165) is 17.4 Å². The Labute approximate surface area is 150 Å². The minimum absolute atomic E-state index is 0.00230. The SMILES string of the molecule is N#Cc1ccc(C(=O)Nc2ncc(Cc3ccc(F)c(F)c3F)s2)cc1. The number of thiazole rings is 1. The maximum atomic E-state index is 13.7. The zero-order chi connectivity index (χ0) is 18.7. The predicted octanol–water partition coefficient (Wildman–Crippen LogP) is 4.28. The molecule has 1 aromatic heterocycles. The minimum Gasteiger partial charge on any atom is -0.298 e. The Balaban J connectivity index is 1.71. The Hall–Kier alpha value is -3.18. The molecule has 0 atom stereocenters. The van der Waals surface area contributed by atoms with Gasteiger partial charge in [0.1, 0.15) is 0 Å². The molecule has 0 radical (unpaired) electrons. The summed E-state index contributed by atoms with van der Waals surface area (Å²) in [4.78, 5) is 16.7. The number of aromatic nitrogens is 1. The lowest BCUT2D eigenvalue weighted by molar-refractivity contribution is 0.102. The van der Waals surface area contributed by atoms with Crippen LogP contribution in [-0.4, -0.2) is 10.9 Å². The van der Waals surface area contributed by atoms with E-state index >= 15 is 0 Å². The topological polar surface area (TPSA) is 65.8 Å². The standard InChI is InChI=1S/C18H10F3N3OS/c19-14-6-5-12(15(20)16(14)21)7-13-9-23-18(26-13)24-17(25)11-3-1-10(8-22)2-4-11/h1-6,9H,7H2,(H,23,24,25). The number of benzene rings is 2. The van der Waals surface area contributed by atoms with Gasteiger partial charge in [-0.15, -0.1) is 11.3 Å². The molecule has 26 heavy (non-hydrogen) atoms. The van der Waals surface area contributed by atoms with Gasteiger partial charge in [0.15, 0.2) is 22.6 Å². The van der Waals surface area contributed by atoms with E-state index in [1.807, 2.05) is 6.07 Å². The normalized spacial score (nSPS) is 10.4. The van der Waals surface area contributed by atoms with Crippen molar-refractivity contribution in [3.63, 3.8) is 0 Å². The number of nitriles is 1. The molecule has 0 aliphatic heterocycles. The molecule has 0 saturated heterocycles. The first-order valence-electron chi connectivity index (χ1n) is 7.36. The summed E-state index contributed by atoms with van der Waals surface area (Å²) in [7, 11) is 0. The number of hydrogen-bond donors (Lipinski definition) is 1. The van der Waals surface area contributed by atoms with E-state index in [1.54, 1.807) is 0 Å². The number of nitrogens with one attached hydrogen (secondary N) is 1. The van der Waals surface area contributed by atoms with Crippen LogP contribution in [0.2, 0.25) is 0 Å². The lowest BCUT2D eigenvalue weighted by atomic mass is 10.1. The van der Waals surface area contributed by atoms with Crippen LogP contribution >= 0.6 is 11.3 Å². The lowest BCUT2D eigenvalue weighted by Crippen LogP contribution is -2.11. The van der Waals surface area contributed by atoms with Crippen molar-refractivity contribution in [2.45, 2.75) is 6.42 Å². The summed E-state index contributed by atoms with van der Waals surface area (Å²) in [6, 6.07) is 10.1. The second-order valence-electron chi connectivity index (χ2n) is 5.29. The number of halogens is 3. The fourth-order valence-electron chi connectivity index (χ4n) is 2.20. The molecule has 1 amide bonds. The van der Waals surface area contributed by atoms with Gasteiger partial charge in [-0.25, -0.2) is 18.2 Å². The van der Waals surface area contributed by atoms with Crippen LogP contribution in [0.15, 0.2) is 42.6 Å². The van der Waals surface area contributed by atoms with Gasteiger partial charge in [0, 0.05) is 23.1 Å². The zero-order valence-electron chi connectivity index (χ0n) is 13.1. The van der Waals surface area contributed by atoms with Crippen LogP contribution in [0.1, 0.15) is 26.4 Å². The number of nitrogens with zero attached hydrogens (tertiary/aromatic N) is 2. The molecule has 0 unspecified atom stereocenters. The highest BCUT2D eigenvalue weighted by Gasteiger charge is 2.15. The number of carbonyl (C=O) groups excluding carboxylic acids is 1. The smallest absolute Gasteiger partial charge is 0.257 e. The van der Waals surface area contributed by atoms with Crippen molar-refractivity contribution in [1.82, 2.24) is 4.98 Å². The van der Waals surface area contributed by atoms with Crippen molar-refractivity contribution in [1.29, 1.82) is 5.26 Å². The monoisotopic (exact) mass is 373 g/mol. The lowest BCUT2D eigenvalue weighted by Gasteiger charge is -2.03. The quantitative estimate of drug-likeness (QED) is 0.695. The third-order valence-electron chi connectivity index (χ3n) is 3.53. The Morgan fingerprint density at radius 1 is 1.12 bits per heavy atom. The second kappa shape index (κ2) is 7.37. The molecular weight excluding hydrogens is 363 g/mol. The Bertz CT molecular complexity index is 1010. The van der Waals surface area contributed by atoms with Gasteiger partial charge in [0.2, 0.25) is 0 Å². The van der Waals surface area contributed by atoms with Crippen LogP contribution < -0.4 is 5.32 Å². The molecule has 0 aliphatic carbocycles. The van der Waals surface area contributed by atoms with Crippen molar-refractivity contribution >= 4 is 22.4 Å². The number of anilines is 1. The Morgan fingerprint density at radius 2 is 1.85 bits per heavy atom. The van der Waals surface area contributed by atoms with E-state index in [1.165, 1.54) is 36.5 Å². The fourth-order valence-corrected chi connectivity index (χ4v) is 3.03. The third kappa shape index (κ3) is 3.73. The van der Waals surface area contributed by atoms with Crippen molar-refractivity contribution < 1.29 is 18.0 Å². The van der Waals surface area contributed by atoms with E-state index in [4.69, 9.17) is 5.26 Å². The Morgan fingerprint density at radius 3 is 2.54 bits per heavy atom. The first-order valence-corrected chi connectivity index (χ1v) is 8.18. The van der Waals surface area contributed by atoms with Crippen molar-refractivity contribution in [3.05, 3.63) is 81.6 Å². The van der Waals surface area contributed by atoms with Gasteiger partial charge in [-0.2, -0.15) is 5.26 Å². The number of hydrogen-bond acceptors (Lipinski definition) is 4.